The summed E-state index contributed by atoms with van der Waals surface area (Å²) in [6, 6.07) is 1.53. The predicted molar refractivity (Wildman–Crippen MR) is 80.9 cm³/mol. The lowest BCUT2D eigenvalue weighted by atomic mass is 9.88. The predicted octanol–water partition coefficient (Wildman–Crippen LogP) is 2.62. The summed E-state index contributed by atoms with van der Waals surface area (Å²) < 4.78 is 33.5. The topological polar surface area (TPSA) is 71.3 Å². The van der Waals surface area contributed by atoms with Gasteiger partial charge < -0.3 is 9.73 Å². The Balaban J connectivity index is 2.22. The number of halogens is 1. The van der Waals surface area contributed by atoms with Crippen LogP contribution in [0.4, 0.5) is 0 Å². The van der Waals surface area contributed by atoms with E-state index in [1.54, 1.807) is 13.1 Å². The van der Waals surface area contributed by atoms with Crippen LogP contribution < -0.4 is 10.0 Å². The highest BCUT2D eigenvalue weighted by atomic mass is 79.9. The third kappa shape index (κ3) is 3.27. The molecule has 1 unspecified atom stereocenters. The third-order valence-electron chi connectivity index (χ3n) is 3.90. The van der Waals surface area contributed by atoms with Gasteiger partial charge in [0.15, 0.2) is 4.67 Å². The molecule has 0 amide bonds. The minimum Gasteiger partial charge on any atom is -0.452 e. The van der Waals surface area contributed by atoms with Crippen LogP contribution in [0.3, 0.4) is 0 Å². The molecule has 0 radical (unpaired) electrons. The molecule has 7 heteroatoms. The summed E-state index contributed by atoms with van der Waals surface area (Å²) in [5.41, 5.74) is -0.00289. The Morgan fingerprint density at radius 1 is 1.50 bits per heavy atom. The van der Waals surface area contributed by atoms with Crippen molar-refractivity contribution in [1.29, 1.82) is 0 Å². The first-order chi connectivity index (χ1) is 9.26. The maximum absolute atomic E-state index is 12.5. The SMILES string of the molecule is CNCc1cc(S(=O)(=O)NC2CCCC2(C)C)c(Br)o1. The molecule has 5 nitrogen and oxygen atoms in total. The molecule has 2 N–H and O–H groups in total. The van der Waals surface area contributed by atoms with Gasteiger partial charge in [0.05, 0.1) is 6.54 Å². The molecule has 114 valence electrons. The zero-order valence-electron chi connectivity index (χ0n) is 12.0. The number of rotatable bonds is 5. The minimum absolute atomic E-state index is 0.00289. The van der Waals surface area contributed by atoms with E-state index in [1.807, 2.05) is 0 Å². The van der Waals surface area contributed by atoms with Crippen molar-refractivity contribution in [2.75, 3.05) is 7.05 Å². The summed E-state index contributed by atoms with van der Waals surface area (Å²) in [5.74, 6) is 0.588. The zero-order valence-corrected chi connectivity index (χ0v) is 14.4. The second-order valence-corrected chi connectivity index (χ2v) is 8.34. The first-order valence-electron chi connectivity index (χ1n) is 6.71. The lowest BCUT2D eigenvalue weighted by Gasteiger charge is -2.27. The van der Waals surface area contributed by atoms with Crippen LogP contribution in [-0.4, -0.2) is 21.5 Å². The van der Waals surface area contributed by atoms with E-state index in [0.29, 0.717) is 12.3 Å². The van der Waals surface area contributed by atoms with Crippen LogP contribution in [0.1, 0.15) is 38.9 Å². The number of hydrogen-bond donors (Lipinski definition) is 2. The smallest absolute Gasteiger partial charge is 0.245 e. The Morgan fingerprint density at radius 2 is 2.20 bits per heavy atom. The fourth-order valence-electron chi connectivity index (χ4n) is 2.64. The van der Waals surface area contributed by atoms with Crippen LogP contribution in [0.15, 0.2) is 20.0 Å². The fraction of sp³-hybridized carbons (Fsp3) is 0.692. The van der Waals surface area contributed by atoms with E-state index in [0.717, 1.165) is 19.3 Å². The summed E-state index contributed by atoms with van der Waals surface area (Å²) in [6.07, 6.45) is 2.97. The van der Waals surface area contributed by atoms with Gasteiger partial charge in [-0.2, -0.15) is 0 Å². The first kappa shape index (κ1) is 16.0. The van der Waals surface area contributed by atoms with E-state index in [1.165, 1.54) is 0 Å². The van der Waals surface area contributed by atoms with Crippen molar-refractivity contribution in [1.82, 2.24) is 10.0 Å². The van der Waals surface area contributed by atoms with Crippen molar-refractivity contribution in [2.24, 2.45) is 5.41 Å². The molecule has 0 saturated heterocycles. The molecule has 1 aromatic heterocycles. The van der Waals surface area contributed by atoms with Gasteiger partial charge in [-0.25, -0.2) is 13.1 Å². The van der Waals surface area contributed by atoms with Crippen LogP contribution in [0.25, 0.3) is 0 Å². The average Bonchev–Trinajstić information content (AvgIpc) is 2.84. The van der Waals surface area contributed by atoms with Crippen LogP contribution in [0.5, 0.6) is 0 Å². The molecular formula is C13H21BrN2O3S. The lowest BCUT2D eigenvalue weighted by molar-refractivity contribution is 0.312. The summed E-state index contributed by atoms with van der Waals surface area (Å²) in [4.78, 5) is 0.172. The Morgan fingerprint density at radius 3 is 2.75 bits per heavy atom. The Kier molecular flexibility index (Phi) is 4.63. The largest absolute Gasteiger partial charge is 0.452 e. The van der Waals surface area contributed by atoms with Gasteiger partial charge in [0, 0.05) is 12.1 Å². The maximum atomic E-state index is 12.5. The highest BCUT2D eigenvalue weighted by Crippen LogP contribution is 2.38. The van der Waals surface area contributed by atoms with E-state index < -0.39 is 10.0 Å². The number of sulfonamides is 1. The monoisotopic (exact) mass is 364 g/mol. The van der Waals surface area contributed by atoms with Crippen LogP contribution in [0, 0.1) is 5.41 Å². The van der Waals surface area contributed by atoms with Gasteiger partial charge in [0.25, 0.3) is 0 Å². The third-order valence-corrected chi connectivity index (χ3v) is 6.23. The molecule has 0 aromatic carbocycles. The van der Waals surface area contributed by atoms with Crippen molar-refractivity contribution in [3.05, 3.63) is 16.5 Å². The van der Waals surface area contributed by atoms with Gasteiger partial charge in [-0.1, -0.05) is 20.3 Å². The van der Waals surface area contributed by atoms with Gasteiger partial charge in [-0.15, -0.1) is 0 Å². The summed E-state index contributed by atoms with van der Waals surface area (Å²) in [5, 5.41) is 2.93. The van der Waals surface area contributed by atoms with E-state index in [4.69, 9.17) is 4.42 Å². The Bertz CT molecular complexity index is 580. The van der Waals surface area contributed by atoms with Gasteiger partial charge in [0.1, 0.15) is 10.7 Å². The number of furan rings is 1. The normalized spacial score (nSPS) is 22.3. The molecular weight excluding hydrogens is 344 g/mol. The standard InChI is InChI=1S/C13H21BrN2O3S/c1-13(2)6-4-5-11(13)16-20(17,18)10-7-9(8-15-3)19-12(10)14/h7,11,15-16H,4-6,8H2,1-3H3. The minimum atomic E-state index is -3.56. The van der Waals surface area contributed by atoms with Crippen LogP contribution >= 0.6 is 15.9 Å². The van der Waals surface area contributed by atoms with Crippen molar-refractivity contribution in [2.45, 2.75) is 50.6 Å². The Labute approximate surface area is 128 Å². The highest BCUT2D eigenvalue weighted by molar-refractivity contribution is 9.10. The van der Waals surface area contributed by atoms with E-state index >= 15 is 0 Å². The van der Waals surface area contributed by atoms with Crippen molar-refractivity contribution < 1.29 is 12.8 Å². The quantitative estimate of drug-likeness (QED) is 0.842. The number of hydrogen-bond acceptors (Lipinski definition) is 4. The van der Waals surface area contributed by atoms with Gasteiger partial charge >= 0.3 is 0 Å². The first-order valence-corrected chi connectivity index (χ1v) is 8.99. The average molecular weight is 365 g/mol. The summed E-state index contributed by atoms with van der Waals surface area (Å²) >= 11 is 3.19. The maximum Gasteiger partial charge on any atom is 0.245 e. The molecule has 0 aliphatic heterocycles. The zero-order chi connectivity index (χ0) is 15.0. The van der Waals surface area contributed by atoms with Crippen molar-refractivity contribution in [3.8, 4) is 0 Å². The van der Waals surface area contributed by atoms with Crippen LogP contribution in [-0.2, 0) is 16.6 Å². The molecule has 1 atom stereocenters. The summed E-state index contributed by atoms with van der Waals surface area (Å²) in [7, 11) is -1.78. The molecule has 1 aromatic rings. The summed E-state index contributed by atoms with van der Waals surface area (Å²) in [6.45, 7) is 4.69. The highest BCUT2D eigenvalue weighted by Gasteiger charge is 2.38. The van der Waals surface area contributed by atoms with Crippen molar-refractivity contribution >= 4 is 26.0 Å². The van der Waals surface area contributed by atoms with Gasteiger partial charge in [-0.3, -0.25) is 0 Å². The molecule has 1 saturated carbocycles. The van der Waals surface area contributed by atoms with Gasteiger partial charge in [0.2, 0.25) is 10.0 Å². The molecule has 1 fully saturated rings. The van der Waals surface area contributed by atoms with E-state index in [-0.39, 0.29) is 21.0 Å². The second-order valence-electron chi connectivity index (χ2n) is 5.94. The molecule has 20 heavy (non-hydrogen) atoms. The number of nitrogens with one attached hydrogen (secondary N) is 2. The molecule has 2 rings (SSSR count). The lowest BCUT2D eigenvalue weighted by Crippen LogP contribution is -2.41. The van der Waals surface area contributed by atoms with E-state index in [9.17, 15) is 8.42 Å². The molecule has 0 bridgehead atoms. The van der Waals surface area contributed by atoms with E-state index in [2.05, 4.69) is 39.8 Å². The van der Waals surface area contributed by atoms with Crippen LogP contribution in [0.2, 0.25) is 0 Å². The fourth-order valence-corrected chi connectivity index (χ4v) is 5.08. The van der Waals surface area contributed by atoms with Gasteiger partial charge in [-0.05, 0) is 41.2 Å². The molecule has 1 heterocycles. The van der Waals surface area contributed by atoms with Crippen molar-refractivity contribution in [3.63, 3.8) is 0 Å². The molecule has 1 aliphatic carbocycles. The second kappa shape index (κ2) is 5.79. The molecule has 0 spiro atoms. The molecule has 1 aliphatic rings. The Hall–Kier alpha value is -0.370.